The SMILES string of the molecule is C#C[C@@H]1[C@H](NC(=O)OC(C)(C)C)CCN1C(=O)OCc1ccccc1. The Morgan fingerprint density at radius 1 is 1.32 bits per heavy atom. The van der Waals surface area contributed by atoms with Gasteiger partial charge in [0.2, 0.25) is 0 Å². The molecule has 0 aromatic heterocycles. The third kappa shape index (κ3) is 5.42. The van der Waals surface area contributed by atoms with E-state index >= 15 is 0 Å². The topological polar surface area (TPSA) is 67.9 Å². The van der Waals surface area contributed by atoms with Crippen molar-refractivity contribution in [1.82, 2.24) is 10.2 Å². The summed E-state index contributed by atoms with van der Waals surface area (Å²) in [5.41, 5.74) is 0.304. The molecule has 1 saturated heterocycles. The van der Waals surface area contributed by atoms with Gasteiger partial charge < -0.3 is 14.8 Å². The first-order valence-electron chi connectivity index (χ1n) is 8.23. The van der Waals surface area contributed by atoms with Crippen molar-refractivity contribution in [1.29, 1.82) is 0 Å². The largest absolute Gasteiger partial charge is 0.445 e. The van der Waals surface area contributed by atoms with Crippen LogP contribution in [0.5, 0.6) is 0 Å². The van der Waals surface area contributed by atoms with Crippen molar-refractivity contribution >= 4 is 12.2 Å². The number of ether oxygens (including phenoxy) is 2. The lowest BCUT2D eigenvalue weighted by molar-refractivity contribution is 0.0493. The van der Waals surface area contributed by atoms with E-state index in [0.717, 1.165) is 5.56 Å². The van der Waals surface area contributed by atoms with Crippen LogP contribution in [0.15, 0.2) is 30.3 Å². The fourth-order valence-corrected chi connectivity index (χ4v) is 2.62. The van der Waals surface area contributed by atoms with Crippen LogP contribution in [0.2, 0.25) is 0 Å². The molecule has 134 valence electrons. The summed E-state index contributed by atoms with van der Waals surface area (Å²) in [6.45, 7) is 5.95. The molecule has 1 aliphatic heterocycles. The minimum Gasteiger partial charge on any atom is -0.445 e. The van der Waals surface area contributed by atoms with Crippen molar-refractivity contribution in [3.05, 3.63) is 35.9 Å². The van der Waals surface area contributed by atoms with Crippen LogP contribution in [0.25, 0.3) is 0 Å². The Bertz CT molecular complexity index is 646. The van der Waals surface area contributed by atoms with E-state index in [1.807, 2.05) is 30.3 Å². The molecule has 0 spiro atoms. The lowest BCUT2D eigenvalue weighted by atomic mass is 10.1. The Morgan fingerprint density at radius 3 is 2.60 bits per heavy atom. The zero-order chi connectivity index (χ0) is 18.4. The molecule has 0 radical (unpaired) electrons. The number of carbonyl (C=O) groups excluding carboxylic acids is 2. The molecule has 1 aromatic carbocycles. The lowest BCUT2D eigenvalue weighted by Gasteiger charge is -2.25. The summed E-state index contributed by atoms with van der Waals surface area (Å²) < 4.78 is 10.6. The highest BCUT2D eigenvalue weighted by Crippen LogP contribution is 2.20. The van der Waals surface area contributed by atoms with Crippen molar-refractivity contribution < 1.29 is 19.1 Å². The lowest BCUT2D eigenvalue weighted by Crippen LogP contribution is -2.47. The van der Waals surface area contributed by atoms with Gasteiger partial charge in [-0.2, -0.15) is 0 Å². The average Bonchev–Trinajstić information content (AvgIpc) is 2.94. The Hall–Kier alpha value is -2.68. The number of terminal acetylenes is 1. The van der Waals surface area contributed by atoms with Gasteiger partial charge in [0.05, 0.1) is 6.04 Å². The van der Waals surface area contributed by atoms with E-state index in [1.54, 1.807) is 20.8 Å². The number of alkyl carbamates (subject to hydrolysis) is 1. The molecule has 2 atom stereocenters. The quantitative estimate of drug-likeness (QED) is 0.856. The van der Waals surface area contributed by atoms with Crippen molar-refractivity contribution in [2.75, 3.05) is 6.54 Å². The number of nitrogens with one attached hydrogen (secondary N) is 1. The fourth-order valence-electron chi connectivity index (χ4n) is 2.62. The van der Waals surface area contributed by atoms with Crippen LogP contribution in [-0.2, 0) is 16.1 Å². The standard InChI is InChI=1S/C19H24N2O4/c1-5-16-15(20-17(22)25-19(2,3)4)11-12-21(16)18(23)24-13-14-9-7-6-8-10-14/h1,6-10,15-16H,11-13H2,2-4H3,(H,20,22)/t15-,16-/m1/s1. The minimum atomic E-state index is -0.595. The van der Waals surface area contributed by atoms with E-state index in [4.69, 9.17) is 15.9 Å². The smallest absolute Gasteiger partial charge is 0.411 e. The van der Waals surface area contributed by atoms with Gasteiger partial charge >= 0.3 is 12.2 Å². The number of hydrogen-bond acceptors (Lipinski definition) is 4. The fraction of sp³-hybridized carbons (Fsp3) is 0.474. The monoisotopic (exact) mass is 344 g/mol. The van der Waals surface area contributed by atoms with Crippen molar-refractivity contribution in [3.63, 3.8) is 0 Å². The molecule has 1 aliphatic rings. The molecule has 6 nitrogen and oxygen atoms in total. The van der Waals surface area contributed by atoms with Gasteiger partial charge in [0.1, 0.15) is 18.2 Å². The van der Waals surface area contributed by atoms with Gasteiger partial charge in [0.25, 0.3) is 0 Å². The Labute approximate surface area is 148 Å². The van der Waals surface area contributed by atoms with Gasteiger partial charge in [-0.05, 0) is 32.8 Å². The molecule has 25 heavy (non-hydrogen) atoms. The van der Waals surface area contributed by atoms with Crippen LogP contribution >= 0.6 is 0 Å². The van der Waals surface area contributed by atoms with Gasteiger partial charge in [0.15, 0.2) is 0 Å². The van der Waals surface area contributed by atoms with E-state index in [0.29, 0.717) is 13.0 Å². The molecular formula is C19H24N2O4. The van der Waals surface area contributed by atoms with Crippen LogP contribution in [0.1, 0.15) is 32.8 Å². The van der Waals surface area contributed by atoms with Gasteiger partial charge in [-0.25, -0.2) is 9.59 Å². The maximum Gasteiger partial charge on any atom is 0.411 e. The van der Waals surface area contributed by atoms with Gasteiger partial charge in [-0.3, -0.25) is 4.90 Å². The number of rotatable bonds is 3. The summed E-state index contributed by atoms with van der Waals surface area (Å²) in [6.07, 6.45) is 5.09. The highest BCUT2D eigenvalue weighted by Gasteiger charge is 2.38. The van der Waals surface area contributed by atoms with Crippen molar-refractivity contribution in [2.45, 2.75) is 51.5 Å². The van der Waals surface area contributed by atoms with Crippen molar-refractivity contribution in [3.8, 4) is 12.3 Å². The first-order valence-corrected chi connectivity index (χ1v) is 8.23. The Morgan fingerprint density at radius 2 is 2.00 bits per heavy atom. The highest BCUT2D eigenvalue weighted by atomic mass is 16.6. The summed E-state index contributed by atoms with van der Waals surface area (Å²) in [6, 6.07) is 8.49. The van der Waals surface area contributed by atoms with Gasteiger partial charge in [-0.15, -0.1) is 6.42 Å². The molecule has 1 fully saturated rings. The van der Waals surface area contributed by atoms with Crippen LogP contribution in [0.4, 0.5) is 9.59 Å². The molecule has 6 heteroatoms. The number of amides is 2. The number of carbonyl (C=O) groups is 2. The molecule has 1 heterocycles. The van der Waals surface area contributed by atoms with E-state index in [9.17, 15) is 9.59 Å². The molecule has 0 saturated carbocycles. The number of hydrogen-bond donors (Lipinski definition) is 1. The first kappa shape index (κ1) is 18.7. The summed E-state index contributed by atoms with van der Waals surface area (Å²) in [7, 11) is 0. The molecule has 1 N–H and O–H groups in total. The third-order valence-electron chi connectivity index (χ3n) is 3.71. The number of likely N-dealkylation sites (tertiary alicyclic amines) is 1. The van der Waals surface area contributed by atoms with Gasteiger partial charge in [0, 0.05) is 6.54 Å². The molecule has 0 unspecified atom stereocenters. The van der Waals surface area contributed by atoms with Crippen molar-refractivity contribution in [2.24, 2.45) is 0 Å². The molecule has 0 aliphatic carbocycles. The average molecular weight is 344 g/mol. The molecule has 0 bridgehead atoms. The number of benzene rings is 1. The highest BCUT2D eigenvalue weighted by molar-refractivity contribution is 5.71. The summed E-state index contributed by atoms with van der Waals surface area (Å²) in [5, 5.41) is 2.74. The van der Waals surface area contributed by atoms with Crippen LogP contribution in [0, 0.1) is 12.3 Å². The second-order valence-corrected chi connectivity index (χ2v) is 6.89. The third-order valence-corrected chi connectivity index (χ3v) is 3.71. The maximum atomic E-state index is 12.3. The van der Waals surface area contributed by atoms with E-state index in [1.165, 1.54) is 4.90 Å². The molecular weight excluding hydrogens is 320 g/mol. The molecule has 2 rings (SSSR count). The summed E-state index contributed by atoms with van der Waals surface area (Å²) in [5.74, 6) is 2.57. The van der Waals surface area contributed by atoms with E-state index in [2.05, 4.69) is 11.2 Å². The minimum absolute atomic E-state index is 0.178. The van der Waals surface area contributed by atoms with Crippen LogP contribution < -0.4 is 5.32 Å². The zero-order valence-electron chi connectivity index (χ0n) is 14.8. The predicted molar refractivity (Wildman–Crippen MR) is 93.7 cm³/mol. The zero-order valence-corrected chi connectivity index (χ0v) is 14.8. The Balaban J connectivity index is 1.91. The Kier molecular flexibility index (Phi) is 5.92. The number of nitrogens with zero attached hydrogens (tertiary/aromatic N) is 1. The van der Waals surface area contributed by atoms with Crippen LogP contribution in [-0.4, -0.2) is 41.3 Å². The second-order valence-electron chi connectivity index (χ2n) is 6.89. The molecule has 2 amide bonds. The van der Waals surface area contributed by atoms with Crippen LogP contribution in [0.3, 0.4) is 0 Å². The predicted octanol–water partition coefficient (Wildman–Crippen LogP) is 2.92. The van der Waals surface area contributed by atoms with E-state index in [-0.39, 0.29) is 12.6 Å². The van der Waals surface area contributed by atoms with Gasteiger partial charge in [-0.1, -0.05) is 36.3 Å². The summed E-state index contributed by atoms with van der Waals surface area (Å²) in [4.78, 5) is 25.7. The normalized spacial score (nSPS) is 19.8. The first-order chi connectivity index (χ1) is 11.8. The maximum absolute atomic E-state index is 12.3. The van der Waals surface area contributed by atoms with E-state index < -0.39 is 23.8 Å². The molecule has 1 aromatic rings. The second kappa shape index (κ2) is 7.93. The summed E-state index contributed by atoms with van der Waals surface area (Å²) >= 11 is 0.